The highest BCUT2D eigenvalue weighted by atomic mass is 35.5. The maximum Gasteiger partial charge on any atom is 0.308 e. The second-order valence-electron chi connectivity index (χ2n) is 6.69. The molecule has 3 aromatic rings. The molecule has 0 N–H and O–H groups in total. The summed E-state index contributed by atoms with van der Waals surface area (Å²) in [7, 11) is 1.37. The number of rotatable bonds is 4. The first-order valence-electron chi connectivity index (χ1n) is 8.96. The van der Waals surface area contributed by atoms with Crippen LogP contribution >= 0.6 is 34.5 Å². The highest BCUT2D eigenvalue weighted by Crippen LogP contribution is 2.40. The highest BCUT2D eigenvalue weighted by Gasteiger charge is 2.32. The van der Waals surface area contributed by atoms with E-state index in [1.165, 1.54) is 7.11 Å². The average Bonchev–Trinajstić information content (AvgIpc) is 3.21. The van der Waals surface area contributed by atoms with E-state index in [1.54, 1.807) is 11.3 Å². The number of methoxy groups -OCH3 is 1. The zero-order valence-electron chi connectivity index (χ0n) is 16.1. The number of aryl methyl sites for hydroxylation is 1. The van der Waals surface area contributed by atoms with E-state index >= 15 is 0 Å². The molecule has 29 heavy (non-hydrogen) atoms. The van der Waals surface area contributed by atoms with Gasteiger partial charge in [0.2, 0.25) is 0 Å². The van der Waals surface area contributed by atoms with Crippen LogP contribution < -0.4 is 0 Å². The molecule has 0 spiro atoms. The van der Waals surface area contributed by atoms with Crippen LogP contribution in [0, 0.1) is 13.8 Å². The van der Waals surface area contributed by atoms with Crippen molar-refractivity contribution in [2.24, 2.45) is 4.99 Å². The fourth-order valence-electron chi connectivity index (χ4n) is 3.44. The van der Waals surface area contributed by atoms with Gasteiger partial charge < -0.3 is 4.74 Å². The quantitative estimate of drug-likeness (QED) is 0.424. The molecule has 0 fully saturated rings. The molecule has 4 rings (SSSR count). The van der Waals surface area contributed by atoms with Crippen LogP contribution in [0.25, 0.3) is 5.00 Å². The molecule has 150 valence electrons. The Morgan fingerprint density at radius 2 is 1.97 bits per heavy atom. The van der Waals surface area contributed by atoms with Crippen LogP contribution in [0.1, 0.15) is 45.7 Å². The molecule has 0 amide bonds. The second-order valence-corrected chi connectivity index (χ2v) is 8.47. The number of carbonyl (C=O) groups is 1. The van der Waals surface area contributed by atoms with E-state index in [1.807, 2.05) is 42.7 Å². The zero-order chi connectivity index (χ0) is 20.7. The number of thiophene rings is 1. The number of benzene rings is 1. The maximum absolute atomic E-state index is 12.1. The SMILES string of the molecule is COC(=O)C[C@@H]1N=C(c2ccc(Cl)cc2)c2c(sc(CCl)c2C)-n2c(C)nnc21. The maximum atomic E-state index is 12.1. The van der Waals surface area contributed by atoms with E-state index in [0.717, 1.165) is 38.1 Å². The van der Waals surface area contributed by atoms with Crippen LogP contribution in [0.2, 0.25) is 5.02 Å². The summed E-state index contributed by atoms with van der Waals surface area (Å²) in [5, 5.41) is 10.2. The van der Waals surface area contributed by atoms with Crippen molar-refractivity contribution >= 4 is 46.2 Å². The lowest BCUT2D eigenvalue weighted by atomic mass is 9.99. The minimum atomic E-state index is -0.521. The van der Waals surface area contributed by atoms with Crippen LogP contribution in [0.5, 0.6) is 0 Å². The van der Waals surface area contributed by atoms with E-state index in [-0.39, 0.29) is 12.4 Å². The molecule has 0 aliphatic carbocycles. The van der Waals surface area contributed by atoms with Gasteiger partial charge in [-0.05, 0) is 31.5 Å². The van der Waals surface area contributed by atoms with Crippen molar-refractivity contribution in [1.82, 2.24) is 14.8 Å². The third-order valence-electron chi connectivity index (χ3n) is 4.93. The molecule has 1 aliphatic rings. The van der Waals surface area contributed by atoms with Gasteiger partial charge in [-0.15, -0.1) is 33.1 Å². The summed E-state index contributed by atoms with van der Waals surface area (Å²) in [4.78, 5) is 18.1. The number of aromatic nitrogens is 3. The van der Waals surface area contributed by atoms with Crippen molar-refractivity contribution in [3.05, 3.63) is 62.5 Å². The van der Waals surface area contributed by atoms with Gasteiger partial charge in [-0.2, -0.15) is 0 Å². The Kier molecular flexibility index (Phi) is 5.46. The van der Waals surface area contributed by atoms with Crippen molar-refractivity contribution in [2.75, 3.05) is 7.11 Å². The van der Waals surface area contributed by atoms with E-state index in [9.17, 15) is 4.79 Å². The number of carbonyl (C=O) groups excluding carboxylic acids is 1. The normalized spacial score (nSPS) is 15.3. The molecule has 0 saturated heterocycles. The second kappa shape index (κ2) is 7.89. The predicted molar refractivity (Wildman–Crippen MR) is 115 cm³/mol. The first kappa shape index (κ1) is 20.1. The van der Waals surface area contributed by atoms with Crippen molar-refractivity contribution in [3.63, 3.8) is 0 Å². The largest absolute Gasteiger partial charge is 0.469 e. The Hall–Kier alpha value is -2.22. The standard InChI is InChI=1S/C20H18Cl2N4O2S/c1-10-15(9-21)29-20-17(10)18(12-4-6-13(22)7-5-12)23-14(8-16(27)28-3)19-25-24-11(2)26(19)20/h4-7,14H,8-9H2,1-3H3/t14-/m0/s1. The summed E-state index contributed by atoms with van der Waals surface area (Å²) in [6.45, 7) is 3.93. The molecule has 3 heterocycles. The molecule has 0 unspecified atom stereocenters. The fourth-order valence-corrected chi connectivity index (χ4v) is 5.14. The first-order valence-corrected chi connectivity index (χ1v) is 10.7. The molecule has 9 heteroatoms. The van der Waals surface area contributed by atoms with Gasteiger partial charge in [-0.25, -0.2) is 0 Å². The summed E-state index contributed by atoms with van der Waals surface area (Å²) >= 11 is 13.9. The zero-order valence-corrected chi connectivity index (χ0v) is 18.4. The first-order chi connectivity index (χ1) is 13.9. The molecular weight excluding hydrogens is 431 g/mol. The summed E-state index contributed by atoms with van der Waals surface area (Å²) < 4.78 is 6.87. The van der Waals surface area contributed by atoms with Crippen LogP contribution in [-0.2, 0) is 15.4 Å². The Bertz CT molecular complexity index is 1120. The molecule has 1 aliphatic heterocycles. The number of esters is 1. The van der Waals surface area contributed by atoms with Gasteiger partial charge in [-0.3, -0.25) is 14.4 Å². The minimum absolute atomic E-state index is 0.0715. The van der Waals surface area contributed by atoms with Crippen molar-refractivity contribution in [1.29, 1.82) is 0 Å². The smallest absolute Gasteiger partial charge is 0.308 e. The van der Waals surface area contributed by atoms with Gasteiger partial charge in [0.15, 0.2) is 5.82 Å². The van der Waals surface area contributed by atoms with Gasteiger partial charge in [0.25, 0.3) is 0 Å². The van der Waals surface area contributed by atoms with Crippen LogP contribution in [0.15, 0.2) is 29.3 Å². The van der Waals surface area contributed by atoms with E-state index in [2.05, 4.69) is 10.2 Å². The van der Waals surface area contributed by atoms with Gasteiger partial charge >= 0.3 is 5.97 Å². The van der Waals surface area contributed by atoms with Crippen molar-refractivity contribution < 1.29 is 9.53 Å². The highest BCUT2D eigenvalue weighted by molar-refractivity contribution is 7.15. The van der Waals surface area contributed by atoms with Gasteiger partial charge in [0.1, 0.15) is 16.9 Å². The van der Waals surface area contributed by atoms with Crippen molar-refractivity contribution in [2.45, 2.75) is 32.2 Å². The van der Waals surface area contributed by atoms with E-state index < -0.39 is 6.04 Å². The average molecular weight is 449 g/mol. The van der Waals surface area contributed by atoms with Gasteiger partial charge in [0, 0.05) is 21.0 Å². The number of hydrogen-bond acceptors (Lipinski definition) is 6. The summed E-state index contributed by atoms with van der Waals surface area (Å²) in [6.07, 6.45) is 0.0715. The minimum Gasteiger partial charge on any atom is -0.469 e. The topological polar surface area (TPSA) is 69.4 Å². The molecule has 0 bridgehead atoms. The Morgan fingerprint density at radius 1 is 1.24 bits per heavy atom. The number of ether oxygens (including phenoxy) is 1. The van der Waals surface area contributed by atoms with Crippen molar-refractivity contribution in [3.8, 4) is 5.00 Å². The van der Waals surface area contributed by atoms with E-state index in [4.69, 9.17) is 32.9 Å². The monoisotopic (exact) mass is 448 g/mol. The molecular formula is C20H18Cl2N4O2S. The van der Waals surface area contributed by atoms with E-state index in [0.29, 0.717) is 16.7 Å². The predicted octanol–water partition coefficient (Wildman–Crippen LogP) is 4.79. The molecule has 2 aromatic heterocycles. The Balaban J connectivity index is 2.01. The lowest BCUT2D eigenvalue weighted by Gasteiger charge is -2.11. The molecule has 6 nitrogen and oxygen atoms in total. The Labute approximate surface area is 182 Å². The lowest BCUT2D eigenvalue weighted by Crippen LogP contribution is -2.12. The summed E-state index contributed by atoms with van der Waals surface area (Å²) in [5.74, 6) is 1.39. The molecule has 1 atom stereocenters. The van der Waals surface area contributed by atoms with Crippen LogP contribution in [0.4, 0.5) is 0 Å². The number of nitrogens with zero attached hydrogens (tertiary/aromatic N) is 4. The number of halogens is 2. The molecule has 1 aromatic carbocycles. The lowest BCUT2D eigenvalue weighted by molar-refractivity contribution is -0.141. The van der Waals surface area contributed by atoms with Gasteiger partial charge in [0.05, 0.1) is 25.1 Å². The number of hydrogen-bond donors (Lipinski definition) is 0. The van der Waals surface area contributed by atoms with Crippen LogP contribution in [-0.4, -0.2) is 33.6 Å². The third-order valence-corrected chi connectivity index (χ3v) is 6.88. The fraction of sp³-hybridized carbons (Fsp3) is 0.300. The summed E-state index contributed by atoms with van der Waals surface area (Å²) in [6, 6.07) is 6.99. The third kappa shape index (κ3) is 3.47. The Morgan fingerprint density at radius 3 is 2.62 bits per heavy atom. The summed E-state index contributed by atoms with van der Waals surface area (Å²) in [5.41, 5.74) is 3.72. The van der Waals surface area contributed by atoms with Gasteiger partial charge in [-0.1, -0.05) is 23.7 Å². The molecule has 0 saturated carbocycles. The van der Waals surface area contributed by atoms with Crippen LogP contribution in [0.3, 0.4) is 0 Å². The number of aliphatic imine (C=N–C) groups is 1. The number of alkyl halides is 1. The number of fused-ring (bicyclic) bond motifs is 3. The molecule has 0 radical (unpaired) electrons.